The Morgan fingerprint density at radius 2 is 1.75 bits per heavy atom. The Labute approximate surface area is 131 Å². The number of thiazole rings is 1. The normalized spacial score (nSPS) is 12.7. The van der Waals surface area contributed by atoms with Gasteiger partial charge in [0, 0.05) is 4.83 Å². The predicted molar refractivity (Wildman–Crippen MR) is 90.7 cm³/mol. The fraction of sp³-hybridized carbons (Fsp3) is 0.235. The molecular formula is C17H16BrNS. The molecule has 3 aromatic rings. The summed E-state index contributed by atoms with van der Waals surface area (Å²) in [5.74, 6) is 0. The van der Waals surface area contributed by atoms with Gasteiger partial charge in [0.1, 0.15) is 0 Å². The van der Waals surface area contributed by atoms with E-state index in [-0.39, 0.29) is 0 Å². The highest BCUT2D eigenvalue weighted by Gasteiger charge is 2.08. The Kier molecular flexibility index (Phi) is 4.48. The van der Waals surface area contributed by atoms with E-state index in [1.165, 1.54) is 15.3 Å². The topological polar surface area (TPSA) is 12.9 Å². The van der Waals surface area contributed by atoms with Crippen LogP contribution in [0.25, 0.3) is 10.2 Å². The van der Waals surface area contributed by atoms with Gasteiger partial charge in [0.15, 0.2) is 0 Å². The first-order chi connectivity index (χ1) is 9.83. The van der Waals surface area contributed by atoms with Crippen molar-refractivity contribution in [3.63, 3.8) is 0 Å². The van der Waals surface area contributed by atoms with Gasteiger partial charge in [-0.3, -0.25) is 0 Å². The smallest absolute Gasteiger partial charge is 0.0938 e. The first-order valence-corrected chi connectivity index (χ1v) is 8.59. The van der Waals surface area contributed by atoms with Gasteiger partial charge in [-0.25, -0.2) is 4.98 Å². The summed E-state index contributed by atoms with van der Waals surface area (Å²) in [7, 11) is 0. The molecular weight excluding hydrogens is 330 g/mol. The molecule has 0 spiro atoms. The Bertz CT molecular complexity index is 645. The molecule has 102 valence electrons. The number of aromatic nitrogens is 1. The third kappa shape index (κ3) is 3.28. The van der Waals surface area contributed by atoms with Crippen LogP contribution in [0.5, 0.6) is 0 Å². The van der Waals surface area contributed by atoms with Crippen LogP contribution in [0.1, 0.15) is 28.2 Å². The van der Waals surface area contributed by atoms with Crippen LogP contribution in [0.3, 0.4) is 0 Å². The first-order valence-electron chi connectivity index (χ1n) is 6.86. The summed E-state index contributed by atoms with van der Waals surface area (Å²) in [6.45, 7) is 0. The van der Waals surface area contributed by atoms with Crippen molar-refractivity contribution in [2.45, 2.75) is 24.1 Å². The highest BCUT2D eigenvalue weighted by Crippen LogP contribution is 2.29. The number of alkyl halides is 1. The second-order valence-electron chi connectivity index (χ2n) is 4.85. The van der Waals surface area contributed by atoms with Crippen molar-refractivity contribution in [3.8, 4) is 0 Å². The number of nitrogens with zero attached hydrogens (tertiary/aromatic N) is 1. The summed E-state index contributed by atoms with van der Waals surface area (Å²) >= 11 is 5.60. The van der Waals surface area contributed by atoms with Gasteiger partial charge in [0.25, 0.3) is 0 Å². The third-order valence-electron chi connectivity index (χ3n) is 3.35. The molecule has 3 rings (SSSR count). The second-order valence-corrected chi connectivity index (χ2v) is 7.07. The number of benzene rings is 2. The maximum Gasteiger partial charge on any atom is 0.0938 e. The van der Waals surface area contributed by atoms with Crippen LogP contribution in [0.2, 0.25) is 0 Å². The summed E-state index contributed by atoms with van der Waals surface area (Å²) in [6.07, 6.45) is 3.36. The minimum absolute atomic E-state index is 0.443. The first kappa shape index (κ1) is 13.8. The minimum Gasteiger partial charge on any atom is -0.241 e. The van der Waals surface area contributed by atoms with Gasteiger partial charge in [-0.1, -0.05) is 58.4 Å². The molecule has 1 heterocycles. The van der Waals surface area contributed by atoms with Gasteiger partial charge in [-0.2, -0.15) is 0 Å². The molecule has 1 aromatic heterocycles. The molecule has 0 aliphatic heterocycles. The lowest BCUT2D eigenvalue weighted by molar-refractivity contribution is 0.727. The van der Waals surface area contributed by atoms with E-state index in [1.54, 1.807) is 0 Å². The maximum atomic E-state index is 4.69. The molecule has 0 fully saturated rings. The van der Waals surface area contributed by atoms with E-state index in [0.717, 1.165) is 24.8 Å². The van der Waals surface area contributed by atoms with Crippen LogP contribution < -0.4 is 0 Å². The molecule has 1 unspecified atom stereocenters. The van der Waals surface area contributed by atoms with Crippen molar-refractivity contribution in [2.24, 2.45) is 0 Å². The van der Waals surface area contributed by atoms with E-state index in [9.17, 15) is 0 Å². The lowest BCUT2D eigenvalue weighted by atomic mass is 10.1. The molecule has 0 aliphatic rings. The SMILES string of the molecule is BrC(CCCc1nc2ccccc2s1)c1ccccc1. The monoisotopic (exact) mass is 345 g/mol. The Morgan fingerprint density at radius 3 is 2.55 bits per heavy atom. The molecule has 0 N–H and O–H groups in total. The zero-order valence-electron chi connectivity index (χ0n) is 11.1. The van der Waals surface area contributed by atoms with Crippen LogP contribution in [0.15, 0.2) is 54.6 Å². The van der Waals surface area contributed by atoms with Gasteiger partial charge < -0.3 is 0 Å². The molecule has 20 heavy (non-hydrogen) atoms. The molecule has 0 aliphatic carbocycles. The van der Waals surface area contributed by atoms with Crippen LogP contribution in [-0.2, 0) is 6.42 Å². The van der Waals surface area contributed by atoms with Gasteiger partial charge in [0.2, 0.25) is 0 Å². The number of hydrogen-bond acceptors (Lipinski definition) is 2. The van der Waals surface area contributed by atoms with Crippen molar-refractivity contribution in [2.75, 3.05) is 0 Å². The fourth-order valence-corrected chi connectivity index (χ4v) is 3.93. The lowest BCUT2D eigenvalue weighted by Gasteiger charge is -2.08. The average Bonchev–Trinajstić information content (AvgIpc) is 2.90. The zero-order chi connectivity index (χ0) is 13.8. The minimum atomic E-state index is 0.443. The average molecular weight is 346 g/mol. The summed E-state index contributed by atoms with van der Waals surface area (Å²) < 4.78 is 1.29. The number of para-hydroxylation sites is 1. The zero-order valence-corrected chi connectivity index (χ0v) is 13.5. The Morgan fingerprint density at radius 1 is 1.00 bits per heavy atom. The molecule has 0 saturated heterocycles. The molecule has 0 saturated carbocycles. The number of rotatable bonds is 5. The van der Waals surface area contributed by atoms with Crippen molar-refractivity contribution < 1.29 is 0 Å². The number of aryl methyl sites for hydroxylation is 1. The second kappa shape index (κ2) is 6.51. The number of fused-ring (bicyclic) bond motifs is 1. The number of halogens is 1. The van der Waals surface area contributed by atoms with Gasteiger partial charge >= 0.3 is 0 Å². The van der Waals surface area contributed by atoms with Gasteiger partial charge in [-0.05, 0) is 37.0 Å². The van der Waals surface area contributed by atoms with Crippen molar-refractivity contribution >= 4 is 37.5 Å². The highest BCUT2D eigenvalue weighted by molar-refractivity contribution is 9.09. The Balaban J connectivity index is 1.57. The van der Waals surface area contributed by atoms with E-state index in [2.05, 4.69) is 75.5 Å². The molecule has 0 amide bonds. The Hall–Kier alpha value is -1.19. The highest BCUT2D eigenvalue weighted by atomic mass is 79.9. The molecule has 1 atom stereocenters. The van der Waals surface area contributed by atoms with E-state index in [4.69, 9.17) is 0 Å². The summed E-state index contributed by atoms with van der Waals surface area (Å²) in [6, 6.07) is 19.0. The van der Waals surface area contributed by atoms with Crippen molar-refractivity contribution in [3.05, 3.63) is 65.2 Å². The fourth-order valence-electron chi connectivity index (χ4n) is 2.29. The standard InChI is InChI=1S/C17H16BrNS/c18-14(13-7-2-1-3-8-13)9-6-12-17-19-15-10-4-5-11-16(15)20-17/h1-5,7-8,10-11,14H,6,9,12H2. The predicted octanol–water partition coefficient (Wildman–Crippen LogP) is 5.76. The summed E-state index contributed by atoms with van der Waals surface area (Å²) in [5, 5.41) is 1.25. The third-order valence-corrected chi connectivity index (χ3v) is 5.43. The van der Waals surface area contributed by atoms with E-state index < -0.39 is 0 Å². The number of hydrogen-bond donors (Lipinski definition) is 0. The molecule has 2 aromatic carbocycles. The van der Waals surface area contributed by atoms with E-state index in [1.807, 2.05) is 11.3 Å². The van der Waals surface area contributed by atoms with Crippen molar-refractivity contribution in [1.82, 2.24) is 4.98 Å². The summed E-state index contributed by atoms with van der Waals surface area (Å²) in [4.78, 5) is 5.13. The van der Waals surface area contributed by atoms with Crippen molar-refractivity contribution in [1.29, 1.82) is 0 Å². The van der Waals surface area contributed by atoms with Gasteiger partial charge in [-0.15, -0.1) is 11.3 Å². The van der Waals surface area contributed by atoms with Crippen LogP contribution in [0.4, 0.5) is 0 Å². The maximum absolute atomic E-state index is 4.69. The lowest BCUT2D eigenvalue weighted by Crippen LogP contribution is -1.92. The molecule has 0 bridgehead atoms. The molecule has 0 radical (unpaired) electrons. The summed E-state index contributed by atoms with van der Waals surface area (Å²) in [5.41, 5.74) is 2.49. The van der Waals surface area contributed by atoms with Crippen LogP contribution >= 0.6 is 27.3 Å². The molecule has 3 heteroatoms. The van der Waals surface area contributed by atoms with E-state index >= 15 is 0 Å². The molecule has 1 nitrogen and oxygen atoms in total. The van der Waals surface area contributed by atoms with Crippen LogP contribution in [-0.4, -0.2) is 4.98 Å². The van der Waals surface area contributed by atoms with Crippen LogP contribution in [0, 0.1) is 0 Å². The quantitative estimate of drug-likeness (QED) is 0.536. The van der Waals surface area contributed by atoms with E-state index in [0.29, 0.717) is 4.83 Å². The largest absolute Gasteiger partial charge is 0.241 e. The van der Waals surface area contributed by atoms with Gasteiger partial charge in [0.05, 0.1) is 15.2 Å².